The van der Waals surface area contributed by atoms with Crippen LogP contribution in [0.4, 0.5) is 4.39 Å². The molecule has 1 aliphatic heterocycles. The molecule has 3 amide bonds. The number of nitrogens with one attached hydrogen (secondary N) is 1. The van der Waals surface area contributed by atoms with Gasteiger partial charge in [0, 0.05) is 32.1 Å². The first-order valence-electron chi connectivity index (χ1n) is 9.41. The summed E-state index contributed by atoms with van der Waals surface area (Å²) in [5.41, 5.74) is 0.421. The first-order valence-corrected chi connectivity index (χ1v) is 9.41. The van der Waals surface area contributed by atoms with Crippen molar-refractivity contribution in [2.45, 2.75) is 33.5 Å². The first-order chi connectivity index (χ1) is 13.3. The van der Waals surface area contributed by atoms with E-state index in [1.165, 1.54) is 17.9 Å². The first kappa shape index (κ1) is 21.8. The van der Waals surface area contributed by atoms with Crippen LogP contribution >= 0.6 is 0 Å². The van der Waals surface area contributed by atoms with Crippen LogP contribution in [0.2, 0.25) is 0 Å². The molecule has 154 valence electrons. The summed E-state index contributed by atoms with van der Waals surface area (Å²) >= 11 is 0. The smallest absolute Gasteiger partial charge is 0.242 e. The van der Waals surface area contributed by atoms with Gasteiger partial charge in [0.2, 0.25) is 17.7 Å². The van der Waals surface area contributed by atoms with E-state index in [4.69, 9.17) is 4.74 Å². The lowest BCUT2D eigenvalue weighted by molar-refractivity contribution is -0.139. The highest BCUT2D eigenvalue weighted by molar-refractivity contribution is 5.88. The van der Waals surface area contributed by atoms with Crippen LogP contribution < -0.4 is 5.32 Å². The highest BCUT2D eigenvalue weighted by Gasteiger charge is 2.31. The molecule has 1 aliphatic rings. The van der Waals surface area contributed by atoms with Gasteiger partial charge in [0.05, 0.1) is 25.8 Å². The Kier molecular flexibility index (Phi) is 7.92. The van der Waals surface area contributed by atoms with Gasteiger partial charge in [-0.3, -0.25) is 14.4 Å². The predicted octanol–water partition coefficient (Wildman–Crippen LogP) is 1.17. The van der Waals surface area contributed by atoms with Gasteiger partial charge in [0.1, 0.15) is 5.82 Å². The van der Waals surface area contributed by atoms with Crippen LogP contribution in [-0.2, 0) is 25.7 Å². The molecule has 0 spiro atoms. The van der Waals surface area contributed by atoms with E-state index in [-0.39, 0.29) is 55.7 Å². The van der Waals surface area contributed by atoms with Gasteiger partial charge >= 0.3 is 0 Å². The molecule has 1 aromatic carbocycles. The standard InChI is InChI=1S/C20H28FN3O4/c1-14(2)9-23-10-17(28-13-16-6-4-5-7-18(16)21)11-24(12-20(23)27)19(26)8-22-15(3)25/h4-7,14,17H,8-13H2,1-3H3,(H,22,25)/t17-/m0/s1. The molecule has 1 atom stereocenters. The average Bonchev–Trinajstić information content (AvgIpc) is 2.78. The number of amides is 3. The zero-order valence-electron chi connectivity index (χ0n) is 16.6. The number of rotatable bonds is 7. The number of carbonyl (C=O) groups excluding carboxylic acids is 3. The summed E-state index contributed by atoms with van der Waals surface area (Å²) < 4.78 is 19.7. The monoisotopic (exact) mass is 393 g/mol. The Balaban J connectivity index is 2.10. The number of hydrogen-bond acceptors (Lipinski definition) is 4. The van der Waals surface area contributed by atoms with Gasteiger partial charge in [0.15, 0.2) is 0 Å². The number of benzene rings is 1. The van der Waals surface area contributed by atoms with Gasteiger partial charge in [-0.25, -0.2) is 4.39 Å². The quantitative estimate of drug-likeness (QED) is 0.754. The molecule has 28 heavy (non-hydrogen) atoms. The minimum Gasteiger partial charge on any atom is -0.370 e. The second kappa shape index (κ2) is 10.2. The second-order valence-electron chi connectivity index (χ2n) is 7.40. The van der Waals surface area contributed by atoms with Crippen molar-refractivity contribution in [3.8, 4) is 0 Å². The molecule has 0 radical (unpaired) electrons. The van der Waals surface area contributed by atoms with E-state index < -0.39 is 6.10 Å². The molecule has 0 aromatic heterocycles. The van der Waals surface area contributed by atoms with Crippen molar-refractivity contribution in [1.29, 1.82) is 0 Å². The summed E-state index contributed by atoms with van der Waals surface area (Å²) in [7, 11) is 0. The number of ether oxygens (including phenoxy) is 1. The minimum atomic E-state index is -0.453. The average molecular weight is 393 g/mol. The van der Waals surface area contributed by atoms with E-state index in [1.807, 2.05) is 13.8 Å². The van der Waals surface area contributed by atoms with Crippen molar-refractivity contribution in [3.63, 3.8) is 0 Å². The lowest BCUT2D eigenvalue weighted by Gasteiger charge is -2.26. The van der Waals surface area contributed by atoms with Crippen molar-refractivity contribution < 1.29 is 23.5 Å². The van der Waals surface area contributed by atoms with Gasteiger partial charge < -0.3 is 19.9 Å². The maximum atomic E-state index is 13.9. The highest BCUT2D eigenvalue weighted by Crippen LogP contribution is 2.14. The predicted molar refractivity (Wildman–Crippen MR) is 102 cm³/mol. The van der Waals surface area contributed by atoms with Crippen LogP contribution in [0.15, 0.2) is 24.3 Å². The fraction of sp³-hybridized carbons (Fsp3) is 0.550. The number of halogens is 1. The highest BCUT2D eigenvalue weighted by atomic mass is 19.1. The van der Waals surface area contributed by atoms with Crippen LogP contribution in [0.1, 0.15) is 26.3 Å². The molecule has 0 unspecified atom stereocenters. The normalized spacial score (nSPS) is 17.6. The van der Waals surface area contributed by atoms with Crippen molar-refractivity contribution in [3.05, 3.63) is 35.6 Å². The Bertz CT molecular complexity index is 710. The van der Waals surface area contributed by atoms with Crippen LogP contribution in [0.3, 0.4) is 0 Å². The van der Waals surface area contributed by atoms with E-state index in [2.05, 4.69) is 5.32 Å². The molecule has 1 fully saturated rings. The molecule has 1 saturated heterocycles. The largest absolute Gasteiger partial charge is 0.370 e. The molecule has 1 aromatic rings. The van der Waals surface area contributed by atoms with Crippen molar-refractivity contribution in [2.24, 2.45) is 5.92 Å². The van der Waals surface area contributed by atoms with Crippen molar-refractivity contribution in [1.82, 2.24) is 15.1 Å². The van der Waals surface area contributed by atoms with Crippen molar-refractivity contribution in [2.75, 3.05) is 32.7 Å². The molecule has 0 aliphatic carbocycles. The topological polar surface area (TPSA) is 79.0 Å². The Morgan fingerprint density at radius 1 is 1.29 bits per heavy atom. The Hall–Kier alpha value is -2.48. The van der Waals surface area contributed by atoms with E-state index in [9.17, 15) is 18.8 Å². The molecule has 7 nitrogen and oxygen atoms in total. The second-order valence-corrected chi connectivity index (χ2v) is 7.40. The minimum absolute atomic E-state index is 0.0504. The van der Waals surface area contributed by atoms with E-state index in [0.717, 1.165) is 0 Å². The molecule has 1 N–H and O–H groups in total. The summed E-state index contributed by atoms with van der Waals surface area (Å²) in [5.74, 6) is -0.929. The van der Waals surface area contributed by atoms with Crippen LogP contribution in [0, 0.1) is 11.7 Å². The number of hydrogen-bond donors (Lipinski definition) is 1. The number of carbonyl (C=O) groups is 3. The molecule has 2 rings (SSSR count). The maximum Gasteiger partial charge on any atom is 0.242 e. The van der Waals surface area contributed by atoms with Gasteiger partial charge in [0.25, 0.3) is 0 Å². The third-order valence-corrected chi connectivity index (χ3v) is 4.39. The van der Waals surface area contributed by atoms with E-state index >= 15 is 0 Å². The van der Waals surface area contributed by atoms with E-state index in [1.54, 1.807) is 23.1 Å². The van der Waals surface area contributed by atoms with Gasteiger partial charge in [-0.1, -0.05) is 32.0 Å². The van der Waals surface area contributed by atoms with Crippen LogP contribution in [0.5, 0.6) is 0 Å². The third kappa shape index (κ3) is 6.60. The summed E-state index contributed by atoms with van der Waals surface area (Å²) in [4.78, 5) is 39.2. The Morgan fingerprint density at radius 3 is 2.64 bits per heavy atom. The lowest BCUT2D eigenvalue weighted by Crippen LogP contribution is -2.44. The Morgan fingerprint density at radius 2 is 2.00 bits per heavy atom. The van der Waals surface area contributed by atoms with Crippen LogP contribution in [0.25, 0.3) is 0 Å². The zero-order chi connectivity index (χ0) is 20.7. The van der Waals surface area contributed by atoms with Gasteiger partial charge in [-0.2, -0.15) is 0 Å². The van der Waals surface area contributed by atoms with E-state index in [0.29, 0.717) is 18.7 Å². The molecule has 1 heterocycles. The summed E-state index contributed by atoms with van der Waals surface area (Å²) in [5, 5.41) is 2.46. The van der Waals surface area contributed by atoms with Gasteiger partial charge in [-0.05, 0) is 12.0 Å². The molecule has 0 saturated carbocycles. The fourth-order valence-electron chi connectivity index (χ4n) is 3.03. The lowest BCUT2D eigenvalue weighted by atomic mass is 10.2. The summed E-state index contributed by atoms with van der Waals surface area (Å²) in [6, 6.07) is 6.34. The SMILES string of the molecule is CC(=O)NCC(=O)N1CC(=O)N(CC(C)C)C[C@H](OCc2ccccc2F)C1. The zero-order valence-corrected chi connectivity index (χ0v) is 16.6. The molecular weight excluding hydrogens is 365 g/mol. The Labute approximate surface area is 164 Å². The fourth-order valence-corrected chi connectivity index (χ4v) is 3.03. The summed E-state index contributed by atoms with van der Waals surface area (Å²) in [6.45, 7) is 6.23. The third-order valence-electron chi connectivity index (χ3n) is 4.39. The van der Waals surface area contributed by atoms with Gasteiger partial charge in [-0.15, -0.1) is 0 Å². The molecular formula is C20H28FN3O4. The van der Waals surface area contributed by atoms with Crippen molar-refractivity contribution >= 4 is 17.7 Å². The maximum absolute atomic E-state index is 13.9. The van der Waals surface area contributed by atoms with Crippen LogP contribution in [-0.4, -0.2) is 66.3 Å². The molecule has 0 bridgehead atoms. The number of nitrogens with zero attached hydrogens (tertiary/aromatic N) is 2. The molecule has 8 heteroatoms. The summed E-state index contributed by atoms with van der Waals surface area (Å²) in [6.07, 6.45) is -0.453.